The van der Waals surface area contributed by atoms with Crippen molar-refractivity contribution in [3.63, 3.8) is 0 Å². The van der Waals surface area contributed by atoms with E-state index in [1.54, 1.807) is 18.2 Å². The minimum absolute atomic E-state index is 0.115. The fourth-order valence-electron chi connectivity index (χ4n) is 3.09. The number of rotatable bonds is 8. The van der Waals surface area contributed by atoms with E-state index in [-0.39, 0.29) is 16.4 Å². The first-order valence-electron chi connectivity index (χ1n) is 10.2. The second kappa shape index (κ2) is 10.2. The van der Waals surface area contributed by atoms with Crippen molar-refractivity contribution in [1.82, 2.24) is 10.6 Å². The predicted molar refractivity (Wildman–Crippen MR) is 131 cm³/mol. The predicted octanol–water partition coefficient (Wildman–Crippen LogP) is 4.84. The van der Waals surface area contributed by atoms with E-state index in [0.717, 1.165) is 5.75 Å². The molecule has 2 N–H and O–H groups in total. The van der Waals surface area contributed by atoms with Gasteiger partial charge in [0.05, 0.1) is 25.3 Å². The molecule has 1 heterocycles. The van der Waals surface area contributed by atoms with Crippen molar-refractivity contribution in [1.29, 1.82) is 0 Å². The quantitative estimate of drug-likeness (QED) is 0.324. The Balaban J connectivity index is 1.55. The van der Waals surface area contributed by atoms with E-state index >= 15 is 0 Å². The smallest absolute Gasteiger partial charge is 0.273 e. The van der Waals surface area contributed by atoms with Gasteiger partial charge in [0.25, 0.3) is 5.91 Å². The Kier molecular flexibility index (Phi) is 7.64. The van der Waals surface area contributed by atoms with Gasteiger partial charge in [0.1, 0.15) is 11.4 Å². The summed E-state index contributed by atoms with van der Waals surface area (Å²) in [5, 5.41) is 5.97. The van der Waals surface area contributed by atoms with Crippen LogP contribution in [0.2, 0.25) is 5.02 Å². The molecule has 3 rings (SSSR count). The number of ether oxygens (including phenoxy) is 3. The molecule has 0 aromatic heterocycles. The lowest BCUT2D eigenvalue weighted by molar-refractivity contribution is -0.115. The molecule has 1 aliphatic heterocycles. The summed E-state index contributed by atoms with van der Waals surface area (Å²) in [5.41, 5.74) is 2.41. The van der Waals surface area contributed by atoms with Gasteiger partial charge < -0.3 is 19.5 Å². The number of halogens is 1. The fraction of sp³-hybridized carbons (Fsp3) is 0.333. The van der Waals surface area contributed by atoms with E-state index in [1.165, 1.54) is 12.7 Å². The molecular formula is C24H27ClN2O4S. The number of nitrogens with one attached hydrogen (secondary N) is 2. The molecule has 0 spiro atoms. The SMILES string of the molecule is COc1cc(/C=C2\NC(=S)NC2=O)cc(Cl)c1OCCCOc1ccc(C(C)(C)C)cc1. The topological polar surface area (TPSA) is 68.8 Å². The van der Waals surface area contributed by atoms with Gasteiger partial charge in [-0.15, -0.1) is 0 Å². The Morgan fingerprint density at radius 1 is 1.06 bits per heavy atom. The third-order valence-corrected chi connectivity index (χ3v) is 5.29. The van der Waals surface area contributed by atoms with E-state index in [2.05, 4.69) is 43.5 Å². The molecule has 2 aromatic rings. The van der Waals surface area contributed by atoms with Crippen LogP contribution in [0.25, 0.3) is 6.08 Å². The minimum Gasteiger partial charge on any atom is -0.493 e. The van der Waals surface area contributed by atoms with Gasteiger partial charge in [0.2, 0.25) is 0 Å². The van der Waals surface area contributed by atoms with Crippen LogP contribution in [-0.4, -0.2) is 31.3 Å². The Morgan fingerprint density at radius 2 is 1.75 bits per heavy atom. The van der Waals surface area contributed by atoms with Gasteiger partial charge in [0, 0.05) is 6.42 Å². The number of hydrogen-bond donors (Lipinski definition) is 2. The Morgan fingerprint density at radius 3 is 2.34 bits per heavy atom. The zero-order valence-corrected chi connectivity index (χ0v) is 20.2. The monoisotopic (exact) mass is 474 g/mol. The van der Waals surface area contributed by atoms with E-state index < -0.39 is 0 Å². The summed E-state index contributed by atoms with van der Waals surface area (Å²) < 4.78 is 17.1. The lowest BCUT2D eigenvalue weighted by Crippen LogP contribution is -2.21. The molecule has 8 heteroatoms. The van der Waals surface area contributed by atoms with Gasteiger partial charge in [-0.2, -0.15) is 0 Å². The molecule has 0 radical (unpaired) electrons. The van der Waals surface area contributed by atoms with Crippen LogP contribution in [-0.2, 0) is 10.2 Å². The van der Waals surface area contributed by atoms with E-state index in [0.29, 0.717) is 47.4 Å². The number of benzene rings is 2. The summed E-state index contributed by atoms with van der Waals surface area (Å²) in [5.74, 6) is 1.46. The summed E-state index contributed by atoms with van der Waals surface area (Å²) in [4.78, 5) is 11.8. The number of carbonyl (C=O) groups is 1. The number of methoxy groups -OCH3 is 1. The highest BCUT2D eigenvalue weighted by atomic mass is 35.5. The number of carbonyl (C=O) groups excluding carboxylic acids is 1. The summed E-state index contributed by atoms with van der Waals surface area (Å²) in [6.07, 6.45) is 2.32. The molecule has 1 amide bonds. The van der Waals surface area contributed by atoms with Gasteiger partial charge in [-0.25, -0.2) is 0 Å². The zero-order valence-electron chi connectivity index (χ0n) is 18.6. The third kappa shape index (κ3) is 6.14. The van der Waals surface area contributed by atoms with Crippen LogP contribution in [0.4, 0.5) is 0 Å². The van der Waals surface area contributed by atoms with Crippen molar-refractivity contribution in [2.75, 3.05) is 20.3 Å². The molecular weight excluding hydrogens is 448 g/mol. The molecule has 170 valence electrons. The van der Waals surface area contributed by atoms with Crippen LogP contribution in [0.5, 0.6) is 17.2 Å². The Hall–Kier alpha value is -2.77. The first kappa shape index (κ1) is 23.9. The average Bonchev–Trinajstić information content (AvgIpc) is 3.05. The van der Waals surface area contributed by atoms with Gasteiger partial charge in [0.15, 0.2) is 16.6 Å². The number of hydrogen-bond acceptors (Lipinski definition) is 5. The molecule has 0 bridgehead atoms. The van der Waals surface area contributed by atoms with Crippen LogP contribution in [0.1, 0.15) is 38.3 Å². The van der Waals surface area contributed by atoms with E-state index in [4.69, 9.17) is 38.0 Å². The average molecular weight is 475 g/mol. The van der Waals surface area contributed by atoms with Crippen LogP contribution in [0.15, 0.2) is 42.1 Å². The third-order valence-electron chi connectivity index (χ3n) is 4.81. The Labute approximate surface area is 198 Å². The van der Waals surface area contributed by atoms with E-state index in [1.807, 2.05) is 12.1 Å². The maximum Gasteiger partial charge on any atom is 0.273 e. The maximum absolute atomic E-state index is 11.8. The van der Waals surface area contributed by atoms with Crippen LogP contribution < -0.4 is 24.8 Å². The van der Waals surface area contributed by atoms with Crippen molar-refractivity contribution >= 4 is 40.9 Å². The van der Waals surface area contributed by atoms with Gasteiger partial charge in [-0.05, 0) is 59.1 Å². The van der Waals surface area contributed by atoms with Gasteiger partial charge in [-0.1, -0.05) is 44.5 Å². The standard InChI is InChI=1S/C24H27ClN2O4S/c1-24(2,3)16-6-8-17(9-7-16)30-10-5-11-31-21-18(25)12-15(14-20(21)29-4)13-19-22(28)27-23(32)26-19/h6-9,12-14H,5,10-11H2,1-4H3,(H2,26,27,28,32)/b19-13-. The lowest BCUT2D eigenvalue weighted by atomic mass is 9.87. The second-order valence-electron chi connectivity index (χ2n) is 8.33. The molecule has 32 heavy (non-hydrogen) atoms. The normalized spacial score (nSPS) is 14.8. The molecule has 1 aliphatic rings. The summed E-state index contributed by atoms with van der Waals surface area (Å²) >= 11 is 11.4. The summed E-state index contributed by atoms with van der Waals surface area (Å²) in [6, 6.07) is 11.6. The minimum atomic E-state index is -0.293. The van der Waals surface area contributed by atoms with E-state index in [9.17, 15) is 4.79 Å². The van der Waals surface area contributed by atoms with Crippen molar-refractivity contribution in [2.45, 2.75) is 32.6 Å². The molecule has 0 unspecified atom stereocenters. The van der Waals surface area contributed by atoms with Crippen LogP contribution >= 0.6 is 23.8 Å². The fourth-order valence-corrected chi connectivity index (χ4v) is 3.56. The van der Waals surface area contributed by atoms with Crippen LogP contribution in [0, 0.1) is 0 Å². The highest BCUT2D eigenvalue weighted by molar-refractivity contribution is 7.80. The first-order valence-corrected chi connectivity index (χ1v) is 11.0. The number of thiocarbonyl (C=S) groups is 1. The zero-order chi connectivity index (χ0) is 23.3. The van der Waals surface area contributed by atoms with Crippen LogP contribution in [0.3, 0.4) is 0 Å². The highest BCUT2D eigenvalue weighted by Crippen LogP contribution is 2.37. The molecule has 0 saturated carbocycles. The van der Waals surface area contributed by atoms with Crippen molar-refractivity contribution in [2.24, 2.45) is 0 Å². The Bertz CT molecular complexity index is 1030. The van der Waals surface area contributed by atoms with Crippen molar-refractivity contribution < 1.29 is 19.0 Å². The van der Waals surface area contributed by atoms with Crippen molar-refractivity contribution in [3.8, 4) is 17.2 Å². The highest BCUT2D eigenvalue weighted by Gasteiger charge is 2.21. The first-order chi connectivity index (χ1) is 15.2. The second-order valence-corrected chi connectivity index (χ2v) is 9.14. The maximum atomic E-state index is 11.8. The molecule has 6 nitrogen and oxygen atoms in total. The molecule has 1 fully saturated rings. The van der Waals surface area contributed by atoms with Crippen molar-refractivity contribution in [3.05, 3.63) is 58.2 Å². The van der Waals surface area contributed by atoms with Gasteiger partial charge >= 0.3 is 0 Å². The largest absolute Gasteiger partial charge is 0.493 e. The number of amides is 1. The summed E-state index contributed by atoms with van der Waals surface area (Å²) in [7, 11) is 1.54. The molecule has 0 atom stereocenters. The molecule has 0 aliphatic carbocycles. The molecule has 1 saturated heterocycles. The molecule has 2 aromatic carbocycles. The summed E-state index contributed by atoms with van der Waals surface area (Å²) in [6.45, 7) is 7.47. The lowest BCUT2D eigenvalue weighted by Gasteiger charge is -2.19. The van der Waals surface area contributed by atoms with Gasteiger partial charge in [-0.3, -0.25) is 10.1 Å².